The first-order valence-electron chi connectivity index (χ1n) is 6.49. The molecule has 0 N–H and O–H groups in total. The second kappa shape index (κ2) is 7.43. The van der Waals surface area contributed by atoms with Crippen molar-refractivity contribution in [2.45, 2.75) is 16.7 Å². The Morgan fingerprint density at radius 1 is 1.14 bits per heavy atom. The topological polar surface area (TPSA) is 43.4 Å². The minimum absolute atomic E-state index is 0.410. The third-order valence-electron chi connectivity index (χ3n) is 2.77. The van der Waals surface area contributed by atoms with Crippen LogP contribution in [0.2, 0.25) is 0 Å². The number of esters is 1. The van der Waals surface area contributed by atoms with Crippen molar-refractivity contribution in [1.29, 1.82) is 0 Å². The van der Waals surface area contributed by atoms with Crippen LogP contribution in [0.15, 0.2) is 58.3 Å². The molecule has 5 heteroatoms. The van der Waals surface area contributed by atoms with Crippen LogP contribution in [0.4, 0.5) is 0 Å². The van der Waals surface area contributed by atoms with Gasteiger partial charge in [-0.15, -0.1) is 11.8 Å². The largest absolute Gasteiger partial charge is 0.422 e. The predicted octanol–water partition coefficient (Wildman–Crippen LogP) is 3.76. The van der Waals surface area contributed by atoms with Crippen LogP contribution < -0.4 is 4.74 Å². The van der Waals surface area contributed by atoms with E-state index in [1.165, 1.54) is 0 Å². The van der Waals surface area contributed by atoms with Crippen molar-refractivity contribution in [3.05, 3.63) is 54.1 Å². The summed E-state index contributed by atoms with van der Waals surface area (Å²) in [4.78, 5) is 13.8. The van der Waals surface area contributed by atoms with E-state index >= 15 is 0 Å². The summed E-state index contributed by atoms with van der Waals surface area (Å²) in [6.07, 6.45) is 1.60. The Morgan fingerprint density at radius 2 is 1.81 bits per heavy atom. The van der Waals surface area contributed by atoms with Crippen molar-refractivity contribution < 1.29 is 13.7 Å². The van der Waals surface area contributed by atoms with E-state index in [0.717, 1.165) is 10.6 Å². The van der Waals surface area contributed by atoms with Gasteiger partial charge < -0.3 is 4.74 Å². The molecule has 0 amide bonds. The number of benzene rings is 2. The number of thioether (sulfide) groups is 1. The summed E-state index contributed by atoms with van der Waals surface area (Å²) in [5.41, 5.74) is 0.445. The van der Waals surface area contributed by atoms with Gasteiger partial charge in [0.05, 0.1) is 10.5 Å². The van der Waals surface area contributed by atoms with E-state index in [9.17, 15) is 9.00 Å². The highest BCUT2D eigenvalue weighted by Gasteiger charge is 2.11. The normalized spacial score (nSPS) is 11.9. The average Bonchev–Trinajstić information content (AvgIpc) is 2.49. The number of rotatable bonds is 5. The zero-order chi connectivity index (χ0) is 15.2. The van der Waals surface area contributed by atoms with Crippen LogP contribution in [0.1, 0.15) is 17.3 Å². The zero-order valence-electron chi connectivity index (χ0n) is 11.9. The van der Waals surface area contributed by atoms with Crippen molar-refractivity contribution in [3.8, 4) is 5.75 Å². The Labute approximate surface area is 131 Å². The summed E-state index contributed by atoms with van der Waals surface area (Å²) < 4.78 is 16.8. The molecule has 2 aromatic carbocycles. The number of carbonyl (C=O) groups excluding carboxylic acids is 1. The van der Waals surface area contributed by atoms with Crippen molar-refractivity contribution >= 4 is 28.5 Å². The molecule has 1 atom stereocenters. The smallest absolute Gasteiger partial charge is 0.343 e. The van der Waals surface area contributed by atoms with Gasteiger partial charge in [0.1, 0.15) is 5.75 Å². The maximum atomic E-state index is 12.1. The third kappa shape index (κ3) is 4.19. The number of hydrogen-bond acceptors (Lipinski definition) is 4. The number of hydrogen-bond donors (Lipinski definition) is 0. The molecule has 0 aliphatic carbocycles. The van der Waals surface area contributed by atoms with Gasteiger partial charge in [0.25, 0.3) is 0 Å². The lowest BCUT2D eigenvalue weighted by Crippen LogP contribution is -2.09. The minimum atomic E-state index is -1.05. The first-order chi connectivity index (χ1) is 10.1. The Hall–Kier alpha value is -1.59. The van der Waals surface area contributed by atoms with Gasteiger partial charge in [-0.3, -0.25) is 4.21 Å². The van der Waals surface area contributed by atoms with Crippen molar-refractivity contribution in [2.75, 3.05) is 12.0 Å². The molecule has 3 nitrogen and oxygen atoms in total. The van der Waals surface area contributed by atoms with E-state index in [1.54, 1.807) is 48.3 Å². The van der Waals surface area contributed by atoms with E-state index in [-0.39, 0.29) is 0 Å². The summed E-state index contributed by atoms with van der Waals surface area (Å²) in [7, 11) is -1.05. The van der Waals surface area contributed by atoms with Crippen LogP contribution in [-0.2, 0) is 10.8 Å². The summed E-state index contributed by atoms with van der Waals surface area (Å²) in [6, 6.07) is 14.1. The Bertz CT molecular complexity index is 651. The van der Waals surface area contributed by atoms with Crippen molar-refractivity contribution in [3.63, 3.8) is 0 Å². The second-order valence-corrected chi connectivity index (χ2v) is 6.93. The van der Waals surface area contributed by atoms with Crippen molar-refractivity contribution in [2.24, 2.45) is 0 Å². The van der Waals surface area contributed by atoms with Gasteiger partial charge in [-0.25, -0.2) is 4.79 Å². The highest BCUT2D eigenvalue weighted by atomic mass is 32.2. The van der Waals surface area contributed by atoms with Gasteiger partial charge >= 0.3 is 5.97 Å². The molecule has 110 valence electrons. The summed E-state index contributed by atoms with van der Waals surface area (Å²) in [5, 5.41) is 0. The van der Waals surface area contributed by atoms with Gasteiger partial charge in [0.2, 0.25) is 0 Å². The second-order valence-electron chi connectivity index (χ2n) is 4.25. The Morgan fingerprint density at radius 3 is 2.43 bits per heavy atom. The monoisotopic (exact) mass is 320 g/mol. The molecule has 0 aliphatic heterocycles. The molecule has 2 aromatic rings. The SMILES string of the molecule is CCSc1ccccc1OC(=O)c1ccc(S(C)=O)cc1. The van der Waals surface area contributed by atoms with Gasteiger partial charge in [0, 0.05) is 22.0 Å². The molecular formula is C16H16O3S2. The molecule has 0 aliphatic rings. The van der Waals surface area contributed by atoms with Crippen LogP contribution >= 0.6 is 11.8 Å². The lowest BCUT2D eigenvalue weighted by molar-refractivity contribution is 0.0730. The highest BCUT2D eigenvalue weighted by molar-refractivity contribution is 7.99. The fourth-order valence-electron chi connectivity index (χ4n) is 1.75. The quantitative estimate of drug-likeness (QED) is 0.478. The molecule has 0 radical (unpaired) electrons. The molecule has 0 heterocycles. The van der Waals surface area contributed by atoms with E-state index in [4.69, 9.17) is 4.74 Å². The molecule has 0 aromatic heterocycles. The lowest BCUT2D eigenvalue weighted by Gasteiger charge is -2.09. The van der Waals surface area contributed by atoms with Crippen LogP contribution in [0.5, 0.6) is 5.75 Å². The van der Waals surface area contributed by atoms with E-state index < -0.39 is 16.8 Å². The molecule has 0 bridgehead atoms. The number of ether oxygens (including phenoxy) is 1. The predicted molar refractivity (Wildman–Crippen MR) is 86.6 cm³/mol. The van der Waals surface area contributed by atoms with E-state index in [1.807, 2.05) is 25.1 Å². The van der Waals surface area contributed by atoms with Gasteiger partial charge in [0.15, 0.2) is 0 Å². The maximum Gasteiger partial charge on any atom is 0.343 e. The lowest BCUT2D eigenvalue weighted by atomic mass is 10.2. The molecule has 0 spiro atoms. The van der Waals surface area contributed by atoms with Crippen LogP contribution in [0.25, 0.3) is 0 Å². The highest BCUT2D eigenvalue weighted by Crippen LogP contribution is 2.29. The van der Waals surface area contributed by atoms with Crippen LogP contribution in [0.3, 0.4) is 0 Å². The molecule has 0 fully saturated rings. The average molecular weight is 320 g/mol. The summed E-state index contributed by atoms with van der Waals surface area (Å²) in [6.45, 7) is 2.05. The van der Waals surface area contributed by atoms with Gasteiger partial charge in [-0.05, 0) is 42.2 Å². The van der Waals surface area contributed by atoms with Gasteiger partial charge in [-0.2, -0.15) is 0 Å². The fourth-order valence-corrected chi connectivity index (χ4v) is 3.01. The van der Waals surface area contributed by atoms with Gasteiger partial charge in [-0.1, -0.05) is 19.1 Å². The molecule has 2 rings (SSSR count). The molecule has 0 saturated carbocycles. The minimum Gasteiger partial charge on any atom is -0.422 e. The first-order valence-corrected chi connectivity index (χ1v) is 9.03. The third-order valence-corrected chi connectivity index (χ3v) is 4.65. The van der Waals surface area contributed by atoms with E-state index in [2.05, 4.69) is 0 Å². The Kier molecular flexibility index (Phi) is 5.59. The molecular weight excluding hydrogens is 304 g/mol. The molecule has 21 heavy (non-hydrogen) atoms. The van der Waals surface area contributed by atoms with Crippen LogP contribution in [-0.4, -0.2) is 22.2 Å². The summed E-state index contributed by atoms with van der Waals surface area (Å²) in [5.74, 6) is 1.07. The zero-order valence-corrected chi connectivity index (χ0v) is 13.5. The van der Waals surface area contributed by atoms with Crippen molar-refractivity contribution in [1.82, 2.24) is 0 Å². The maximum absolute atomic E-state index is 12.1. The molecule has 0 saturated heterocycles. The van der Waals surface area contributed by atoms with E-state index in [0.29, 0.717) is 16.2 Å². The molecule has 1 unspecified atom stereocenters. The number of carbonyl (C=O) groups is 1. The standard InChI is InChI=1S/C16H16O3S2/c1-3-20-15-7-5-4-6-14(15)19-16(17)12-8-10-13(11-9-12)21(2)18/h4-11H,3H2,1-2H3. The summed E-state index contributed by atoms with van der Waals surface area (Å²) >= 11 is 1.63. The first kappa shape index (κ1) is 15.8. The number of para-hydroxylation sites is 1. The fraction of sp³-hybridized carbons (Fsp3) is 0.188. The Balaban J connectivity index is 2.16. The van der Waals surface area contributed by atoms with Crippen LogP contribution in [0, 0.1) is 0 Å².